The zero-order valence-electron chi connectivity index (χ0n) is 13.4. The van der Waals surface area contributed by atoms with Crippen LogP contribution in [-0.4, -0.2) is 60.8 Å². The Morgan fingerprint density at radius 2 is 2.14 bits per heavy atom. The van der Waals surface area contributed by atoms with E-state index in [9.17, 15) is 14.7 Å². The lowest BCUT2D eigenvalue weighted by Gasteiger charge is -2.37. The first-order chi connectivity index (χ1) is 9.83. The minimum absolute atomic E-state index is 0.0471. The van der Waals surface area contributed by atoms with Crippen LogP contribution in [0.15, 0.2) is 0 Å². The summed E-state index contributed by atoms with van der Waals surface area (Å²) < 4.78 is 5.40. The van der Waals surface area contributed by atoms with Crippen LogP contribution in [0.4, 0.5) is 0 Å². The molecule has 0 aromatic rings. The molecule has 1 fully saturated rings. The maximum atomic E-state index is 11.8. The van der Waals surface area contributed by atoms with Gasteiger partial charge >= 0.3 is 5.97 Å². The summed E-state index contributed by atoms with van der Waals surface area (Å²) in [6, 6.07) is 0. The molecule has 1 aliphatic rings. The number of rotatable bonds is 8. The molecule has 1 amide bonds. The Kier molecular flexibility index (Phi) is 7.11. The number of likely N-dealkylation sites (tertiary alicyclic amines) is 1. The van der Waals surface area contributed by atoms with Crippen LogP contribution >= 0.6 is 0 Å². The average molecular weight is 300 g/mol. The molecule has 0 aliphatic carbocycles. The normalized spacial score (nSPS) is 23.2. The van der Waals surface area contributed by atoms with Gasteiger partial charge in [0.05, 0.1) is 18.1 Å². The largest absolute Gasteiger partial charge is 0.481 e. The van der Waals surface area contributed by atoms with Crippen LogP contribution < -0.4 is 5.32 Å². The van der Waals surface area contributed by atoms with Crippen LogP contribution in [0.5, 0.6) is 0 Å². The van der Waals surface area contributed by atoms with Crippen molar-refractivity contribution in [2.45, 2.75) is 46.1 Å². The predicted octanol–water partition coefficient (Wildman–Crippen LogP) is 1.10. The third-order valence-electron chi connectivity index (χ3n) is 3.75. The molecule has 1 rings (SSSR count). The van der Waals surface area contributed by atoms with Gasteiger partial charge in [0.1, 0.15) is 0 Å². The van der Waals surface area contributed by atoms with E-state index in [1.165, 1.54) is 0 Å². The Hall–Kier alpha value is -1.14. The lowest BCUT2D eigenvalue weighted by molar-refractivity contribution is -0.151. The fourth-order valence-corrected chi connectivity index (χ4v) is 2.53. The monoisotopic (exact) mass is 300 g/mol. The van der Waals surface area contributed by atoms with Crippen molar-refractivity contribution in [3.63, 3.8) is 0 Å². The van der Waals surface area contributed by atoms with Crippen LogP contribution in [0.1, 0.15) is 40.0 Å². The lowest BCUT2D eigenvalue weighted by Crippen LogP contribution is -2.49. The summed E-state index contributed by atoms with van der Waals surface area (Å²) in [7, 11) is 0. The summed E-state index contributed by atoms with van der Waals surface area (Å²) in [5, 5.41) is 12.1. The Labute approximate surface area is 126 Å². The van der Waals surface area contributed by atoms with Gasteiger partial charge in [0.25, 0.3) is 0 Å². The molecule has 1 heterocycles. The first-order valence-electron chi connectivity index (χ1n) is 7.67. The zero-order valence-corrected chi connectivity index (χ0v) is 13.4. The second-order valence-corrected chi connectivity index (χ2v) is 6.30. The topological polar surface area (TPSA) is 78.9 Å². The number of nitrogens with one attached hydrogen (secondary N) is 1. The minimum Gasteiger partial charge on any atom is -0.481 e. The van der Waals surface area contributed by atoms with Crippen LogP contribution in [0, 0.1) is 5.41 Å². The summed E-state index contributed by atoms with van der Waals surface area (Å²) in [6.07, 6.45) is 2.49. The number of carboxylic acid groups (broad SMARTS) is 1. The van der Waals surface area contributed by atoms with Crippen molar-refractivity contribution in [3.05, 3.63) is 0 Å². The summed E-state index contributed by atoms with van der Waals surface area (Å²) in [4.78, 5) is 25.0. The Morgan fingerprint density at radius 3 is 2.76 bits per heavy atom. The number of carbonyl (C=O) groups is 2. The van der Waals surface area contributed by atoms with Gasteiger partial charge in [0, 0.05) is 19.7 Å². The molecule has 0 saturated carbocycles. The zero-order chi connectivity index (χ0) is 15.9. The third kappa shape index (κ3) is 6.44. The van der Waals surface area contributed by atoms with E-state index in [0.717, 1.165) is 19.4 Å². The lowest BCUT2D eigenvalue weighted by atomic mass is 9.82. The SMILES string of the molecule is CC(C)OCCCNC(=O)CN1CCCC(C)(C(=O)O)C1. The van der Waals surface area contributed by atoms with Crippen LogP contribution in [0.25, 0.3) is 0 Å². The van der Waals surface area contributed by atoms with Gasteiger partial charge in [0.2, 0.25) is 5.91 Å². The van der Waals surface area contributed by atoms with E-state index < -0.39 is 11.4 Å². The van der Waals surface area contributed by atoms with Gasteiger partial charge in [-0.1, -0.05) is 0 Å². The highest BCUT2D eigenvalue weighted by molar-refractivity contribution is 5.78. The molecule has 2 N–H and O–H groups in total. The smallest absolute Gasteiger partial charge is 0.310 e. The average Bonchev–Trinajstić information content (AvgIpc) is 2.37. The summed E-state index contributed by atoms with van der Waals surface area (Å²) in [6.45, 7) is 8.44. The fraction of sp³-hybridized carbons (Fsp3) is 0.867. The second-order valence-electron chi connectivity index (χ2n) is 6.30. The first-order valence-corrected chi connectivity index (χ1v) is 7.67. The van der Waals surface area contributed by atoms with Crippen molar-refractivity contribution in [1.29, 1.82) is 0 Å². The van der Waals surface area contributed by atoms with Gasteiger partial charge in [-0.3, -0.25) is 14.5 Å². The molecule has 0 aromatic carbocycles. The Balaban J connectivity index is 2.23. The molecule has 1 unspecified atom stereocenters. The number of amides is 1. The third-order valence-corrected chi connectivity index (χ3v) is 3.75. The van der Waals surface area contributed by atoms with Crippen molar-refractivity contribution in [3.8, 4) is 0 Å². The van der Waals surface area contributed by atoms with Crippen LogP contribution in [0.3, 0.4) is 0 Å². The Morgan fingerprint density at radius 1 is 1.43 bits per heavy atom. The number of hydrogen-bond donors (Lipinski definition) is 2. The quantitative estimate of drug-likeness (QED) is 0.656. The number of piperidine rings is 1. The number of nitrogens with zero attached hydrogens (tertiary/aromatic N) is 1. The van der Waals surface area contributed by atoms with Crippen molar-refractivity contribution in [2.24, 2.45) is 5.41 Å². The highest BCUT2D eigenvalue weighted by Crippen LogP contribution is 2.29. The van der Waals surface area contributed by atoms with Crippen molar-refractivity contribution in [1.82, 2.24) is 10.2 Å². The number of aliphatic carboxylic acids is 1. The van der Waals surface area contributed by atoms with Crippen molar-refractivity contribution < 1.29 is 19.4 Å². The summed E-state index contributed by atoms with van der Waals surface area (Å²) >= 11 is 0. The molecule has 1 aliphatic heterocycles. The van der Waals surface area contributed by atoms with E-state index in [0.29, 0.717) is 26.1 Å². The molecule has 122 valence electrons. The standard InChI is InChI=1S/C15H28N2O4/c1-12(2)21-9-5-7-16-13(18)10-17-8-4-6-15(3,11-17)14(19)20/h12H,4-11H2,1-3H3,(H,16,18)(H,19,20). The number of carboxylic acids is 1. The molecule has 1 atom stereocenters. The molecular formula is C15H28N2O4. The predicted molar refractivity (Wildman–Crippen MR) is 80.1 cm³/mol. The van der Waals surface area contributed by atoms with Gasteiger partial charge in [-0.25, -0.2) is 0 Å². The molecular weight excluding hydrogens is 272 g/mol. The molecule has 0 bridgehead atoms. The van der Waals surface area contributed by atoms with E-state index in [1.54, 1.807) is 6.92 Å². The molecule has 21 heavy (non-hydrogen) atoms. The van der Waals surface area contributed by atoms with Crippen molar-refractivity contribution >= 4 is 11.9 Å². The molecule has 6 heteroatoms. The Bertz CT molecular complexity index is 360. The fourth-order valence-electron chi connectivity index (χ4n) is 2.53. The first kappa shape index (κ1) is 17.9. The van der Waals surface area contributed by atoms with Gasteiger partial charge in [-0.15, -0.1) is 0 Å². The number of carbonyl (C=O) groups excluding carboxylic acids is 1. The van der Waals surface area contributed by atoms with E-state index >= 15 is 0 Å². The second kappa shape index (κ2) is 8.34. The minimum atomic E-state index is -0.779. The molecule has 0 spiro atoms. The number of hydrogen-bond acceptors (Lipinski definition) is 4. The molecule has 6 nitrogen and oxygen atoms in total. The van der Waals surface area contributed by atoms with E-state index in [4.69, 9.17) is 4.74 Å². The molecule has 1 saturated heterocycles. The summed E-state index contributed by atoms with van der Waals surface area (Å²) in [5.74, 6) is -0.826. The molecule has 0 aromatic heterocycles. The van der Waals surface area contributed by atoms with E-state index in [1.807, 2.05) is 18.7 Å². The van der Waals surface area contributed by atoms with Crippen molar-refractivity contribution in [2.75, 3.05) is 32.8 Å². The highest BCUT2D eigenvalue weighted by atomic mass is 16.5. The molecule has 0 radical (unpaired) electrons. The summed E-state index contributed by atoms with van der Waals surface area (Å²) in [5.41, 5.74) is -0.733. The number of ether oxygens (including phenoxy) is 1. The van der Waals surface area contributed by atoms with Crippen LogP contribution in [0.2, 0.25) is 0 Å². The van der Waals surface area contributed by atoms with Gasteiger partial charge in [-0.2, -0.15) is 0 Å². The maximum absolute atomic E-state index is 11.8. The highest BCUT2D eigenvalue weighted by Gasteiger charge is 2.38. The van der Waals surface area contributed by atoms with Crippen LogP contribution in [-0.2, 0) is 14.3 Å². The van der Waals surface area contributed by atoms with Gasteiger partial charge in [-0.05, 0) is 46.6 Å². The van der Waals surface area contributed by atoms with E-state index in [2.05, 4.69) is 5.32 Å². The maximum Gasteiger partial charge on any atom is 0.310 e. The van der Waals surface area contributed by atoms with E-state index in [-0.39, 0.29) is 18.6 Å². The van der Waals surface area contributed by atoms with Gasteiger partial charge < -0.3 is 15.2 Å². The van der Waals surface area contributed by atoms with Gasteiger partial charge in [0.15, 0.2) is 0 Å².